The lowest BCUT2D eigenvalue weighted by atomic mass is 9.97. The molecular weight excluding hydrogens is 272 g/mol. The fourth-order valence-corrected chi connectivity index (χ4v) is 2.39. The molecule has 0 saturated heterocycles. The van der Waals surface area contributed by atoms with E-state index in [1.165, 1.54) is 6.07 Å². The van der Waals surface area contributed by atoms with Gasteiger partial charge in [0.2, 0.25) is 0 Å². The molecule has 1 N–H and O–H groups in total. The summed E-state index contributed by atoms with van der Waals surface area (Å²) in [4.78, 5) is 0. The maximum atomic E-state index is 13.8. The molecule has 0 aliphatic carbocycles. The molecule has 1 unspecified atom stereocenters. The minimum absolute atomic E-state index is 0.156. The van der Waals surface area contributed by atoms with Crippen LogP contribution >= 0.6 is 0 Å². The normalized spacial score (nSPS) is 12.2. The van der Waals surface area contributed by atoms with Gasteiger partial charge in [0.1, 0.15) is 17.4 Å². The van der Waals surface area contributed by atoms with Crippen molar-refractivity contribution < 1.29 is 13.5 Å². The quantitative estimate of drug-likeness (QED) is 0.905. The Morgan fingerprint density at radius 3 is 2.57 bits per heavy atom. The molecule has 0 saturated carbocycles. The standard InChI is InChI=1S/C17H19F2NO/c1-11-4-6-14(17(8-11)21-3)16(20-2)10-12-9-13(18)5-7-15(12)19/h4-9,16,20H,10H2,1-3H3. The van der Waals surface area contributed by atoms with Gasteiger partial charge < -0.3 is 10.1 Å². The van der Waals surface area contributed by atoms with Crippen molar-refractivity contribution in [2.45, 2.75) is 19.4 Å². The zero-order valence-corrected chi connectivity index (χ0v) is 12.4. The van der Waals surface area contributed by atoms with Crippen LogP contribution < -0.4 is 10.1 Å². The summed E-state index contributed by atoms with van der Waals surface area (Å²) in [6.07, 6.45) is 0.347. The predicted molar refractivity (Wildman–Crippen MR) is 79.6 cm³/mol. The van der Waals surface area contributed by atoms with Crippen LogP contribution in [0, 0.1) is 18.6 Å². The number of methoxy groups -OCH3 is 1. The molecule has 112 valence electrons. The number of hydrogen-bond donors (Lipinski definition) is 1. The maximum Gasteiger partial charge on any atom is 0.126 e. The maximum absolute atomic E-state index is 13.8. The van der Waals surface area contributed by atoms with Crippen LogP contribution in [0.15, 0.2) is 36.4 Å². The van der Waals surface area contributed by atoms with Gasteiger partial charge in [-0.2, -0.15) is 0 Å². The summed E-state index contributed by atoms with van der Waals surface area (Å²) in [6, 6.07) is 9.22. The minimum Gasteiger partial charge on any atom is -0.496 e. The average Bonchev–Trinajstić information content (AvgIpc) is 2.48. The van der Waals surface area contributed by atoms with Gasteiger partial charge in [-0.3, -0.25) is 0 Å². The molecule has 0 fully saturated rings. The third-order valence-electron chi connectivity index (χ3n) is 3.54. The van der Waals surface area contributed by atoms with Crippen molar-refractivity contribution in [3.8, 4) is 5.75 Å². The third kappa shape index (κ3) is 3.58. The molecule has 0 radical (unpaired) electrons. The highest BCUT2D eigenvalue weighted by atomic mass is 19.1. The summed E-state index contributed by atoms with van der Waals surface area (Å²) in [5.41, 5.74) is 2.36. The summed E-state index contributed by atoms with van der Waals surface area (Å²) >= 11 is 0. The number of nitrogens with one attached hydrogen (secondary N) is 1. The molecule has 2 rings (SSSR count). The fraction of sp³-hybridized carbons (Fsp3) is 0.294. The van der Waals surface area contributed by atoms with Crippen LogP contribution in [0.4, 0.5) is 8.78 Å². The molecule has 0 spiro atoms. The highest BCUT2D eigenvalue weighted by Gasteiger charge is 2.17. The Balaban J connectivity index is 2.34. The van der Waals surface area contributed by atoms with Crippen LogP contribution in [0.5, 0.6) is 5.75 Å². The molecule has 0 bridgehead atoms. The zero-order chi connectivity index (χ0) is 15.4. The summed E-state index contributed by atoms with van der Waals surface area (Å²) in [5.74, 6) is -0.0917. The van der Waals surface area contributed by atoms with E-state index in [2.05, 4.69) is 5.32 Å². The van der Waals surface area contributed by atoms with Crippen molar-refractivity contribution in [1.29, 1.82) is 0 Å². The number of benzene rings is 2. The van der Waals surface area contributed by atoms with E-state index in [-0.39, 0.29) is 6.04 Å². The van der Waals surface area contributed by atoms with Gasteiger partial charge in [0, 0.05) is 11.6 Å². The largest absolute Gasteiger partial charge is 0.496 e. The summed E-state index contributed by atoms with van der Waals surface area (Å²) < 4.78 is 32.5. The van der Waals surface area contributed by atoms with Crippen LogP contribution in [0.1, 0.15) is 22.7 Å². The zero-order valence-electron chi connectivity index (χ0n) is 12.4. The Bertz CT molecular complexity index is 628. The van der Waals surface area contributed by atoms with E-state index >= 15 is 0 Å². The summed E-state index contributed by atoms with van der Waals surface area (Å²) in [5, 5.41) is 3.14. The first-order valence-corrected chi connectivity index (χ1v) is 6.81. The van der Waals surface area contributed by atoms with Gasteiger partial charge in [0.15, 0.2) is 0 Å². The van der Waals surface area contributed by atoms with E-state index in [1.807, 2.05) is 25.1 Å². The Morgan fingerprint density at radius 2 is 1.90 bits per heavy atom. The second kappa shape index (κ2) is 6.68. The second-order valence-electron chi connectivity index (χ2n) is 5.03. The molecule has 0 aliphatic rings. The molecule has 2 nitrogen and oxygen atoms in total. The number of rotatable bonds is 5. The van der Waals surface area contributed by atoms with Crippen molar-refractivity contribution in [2.75, 3.05) is 14.2 Å². The molecule has 2 aromatic carbocycles. The van der Waals surface area contributed by atoms with Gasteiger partial charge in [-0.1, -0.05) is 12.1 Å². The van der Waals surface area contributed by atoms with E-state index in [4.69, 9.17) is 4.74 Å². The Hall–Kier alpha value is -1.94. The number of halogens is 2. The average molecular weight is 291 g/mol. The first-order chi connectivity index (χ1) is 10.0. The molecule has 0 amide bonds. The molecule has 2 aromatic rings. The summed E-state index contributed by atoms with van der Waals surface area (Å²) in [7, 11) is 3.40. The van der Waals surface area contributed by atoms with Gasteiger partial charge in [-0.25, -0.2) is 8.78 Å². The van der Waals surface area contributed by atoms with E-state index in [1.54, 1.807) is 14.2 Å². The van der Waals surface area contributed by atoms with Crippen molar-refractivity contribution >= 4 is 0 Å². The Labute approximate surface area is 123 Å². The van der Waals surface area contributed by atoms with Crippen molar-refractivity contribution in [3.05, 3.63) is 64.7 Å². The van der Waals surface area contributed by atoms with Crippen molar-refractivity contribution in [2.24, 2.45) is 0 Å². The Morgan fingerprint density at radius 1 is 1.14 bits per heavy atom. The van der Waals surface area contributed by atoms with E-state index in [0.29, 0.717) is 12.0 Å². The minimum atomic E-state index is -0.433. The molecule has 1 atom stereocenters. The number of aryl methyl sites for hydroxylation is 1. The fourth-order valence-electron chi connectivity index (χ4n) is 2.39. The van der Waals surface area contributed by atoms with Crippen LogP contribution in [0.25, 0.3) is 0 Å². The molecule has 0 heterocycles. The predicted octanol–water partition coefficient (Wildman–Crippen LogP) is 3.79. The van der Waals surface area contributed by atoms with Crippen LogP contribution in [-0.4, -0.2) is 14.2 Å². The smallest absolute Gasteiger partial charge is 0.126 e. The van der Waals surface area contributed by atoms with Crippen molar-refractivity contribution in [3.63, 3.8) is 0 Å². The lowest BCUT2D eigenvalue weighted by molar-refractivity contribution is 0.400. The van der Waals surface area contributed by atoms with Crippen LogP contribution in [-0.2, 0) is 6.42 Å². The highest BCUT2D eigenvalue weighted by molar-refractivity contribution is 5.40. The number of hydrogen-bond acceptors (Lipinski definition) is 2. The molecule has 4 heteroatoms. The summed E-state index contributed by atoms with van der Waals surface area (Å²) in [6.45, 7) is 1.98. The molecular formula is C17H19F2NO. The number of ether oxygens (including phenoxy) is 1. The number of likely N-dealkylation sites (N-methyl/N-ethyl adjacent to an activating group) is 1. The lowest BCUT2D eigenvalue weighted by Gasteiger charge is -2.20. The Kier molecular flexibility index (Phi) is 4.91. The third-order valence-corrected chi connectivity index (χ3v) is 3.54. The lowest BCUT2D eigenvalue weighted by Crippen LogP contribution is -2.20. The van der Waals surface area contributed by atoms with Crippen molar-refractivity contribution in [1.82, 2.24) is 5.32 Å². The van der Waals surface area contributed by atoms with Gasteiger partial charge in [-0.15, -0.1) is 0 Å². The van der Waals surface area contributed by atoms with E-state index in [9.17, 15) is 8.78 Å². The van der Waals surface area contributed by atoms with Gasteiger partial charge >= 0.3 is 0 Å². The van der Waals surface area contributed by atoms with Gasteiger partial charge in [0.25, 0.3) is 0 Å². The first-order valence-electron chi connectivity index (χ1n) is 6.81. The molecule has 0 aliphatic heterocycles. The molecule has 0 aromatic heterocycles. The topological polar surface area (TPSA) is 21.3 Å². The van der Waals surface area contributed by atoms with Gasteiger partial charge in [-0.05, 0) is 55.8 Å². The van der Waals surface area contributed by atoms with Crippen LogP contribution in [0.2, 0.25) is 0 Å². The monoisotopic (exact) mass is 291 g/mol. The van der Waals surface area contributed by atoms with E-state index < -0.39 is 11.6 Å². The van der Waals surface area contributed by atoms with Gasteiger partial charge in [0.05, 0.1) is 7.11 Å². The van der Waals surface area contributed by atoms with E-state index in [0.717, 1.165) is 29.0 Å². The van der Waals surface area contributed by atoms with Crippen LogP contribution in [0.3, 0.4) is 0 Å². The SMILES string of the molecule is CNC(Cc1cc(F)ccc1F)c1ccc(C)cc1OC. The highest BCUT2D eigenvalue weighted by Crippen LogP contribution is 2.29. The second-order valence-corrected chi connectivity index (χ2v) is 5.03. The molecule has 21 heavy (non-hydrogen) atoms. The first kappa shape index (κ1) is 15.4.